The summed E-state index contributed by atoms with van der Waals surface area (Å²) in [7, 11) is 0. The number of alkyl halides is 1. The van der Waals surface area contributed by atoms with Gasteiger partial charge >= 0.3 is 0 Å². The van der Waals surface area contributed by atoms with E-state index in [1.165, 1.54) is 0 Å². The van der Waals surface area contributed by atoms with Crippen molar-refractivity contribution in [3.63, 3.8) is 0 Å². The van der Waals surface area contributed by atoms with E-state index in [0.29, 0.717) is 0 Å². The predicted octanol–water partition coefficient (Wildman–Crippen LogP) is 1.86. The van der Waals surface area contributed by atoms with Crippen LogP contribution in [0, 0.1) is 6.92 Å². The molecule has 0 bridgehead atoms. The van der Waals surface area contributed by atoms with Crippen molar-refractivity contribution in [1.29, 1.82) is 0 Å². The van der Waals surface area contributed by atoms with Crippen molar-refractivity contribution in [3.8, 4) is 0 Å². The molecule has 0 aromatic carbocycles. The zero-order valence-corrected chi connectivity index (χ0v) is 7.36. The molecule has 0 saturated carbocycles. The van der Waals surface area contributed by atoms with Crippen molar-refractivity contribution in [1.82, 2.24) is 0 Å². The van der Waals surface area contributed by atoms with Crippen molar-refractivity contribution in [2.75, 3.05) is 0 Å². The molecule has 1 atom stereocenters. The van der Waals surface area contributed by atoms with Gasteiger partial charge < -0.3 is 5.73 Å². The molecule has 0 rings (SSSR count). The Bertz CT molecular complexity index is 30.9. The average Bonchev–Trinajstić information content (AvgIpc) is 1.35. The van der Waals surface area contributed by atoms with E-state index < -0.39 is 0 Å². The fourth-order valence-electron chi connectivity index (χ4n) is 0.195. The largest absolute Gasteiger partial charge is 0.319 e. The summed E-state index contributed by atoms with van der Waals surface area (Å²) < 4.78 is 0. The Balaban J connectivity index is 0. The highest BCUT2D eigenvalue weighted by Gasteiger charge is 1.87. The topological polar surface area (TPSA) is 26.0 Å². The number of rotatable bonds is 2. The summed E-state index contributed by atoms with van der Waals surface area (Å²) in [6, 6.07) is 0. The van der Waals surface area contributed by atoms with Crippen LogP contribution in [0.15, 0.2) is 0 Å². The van der Waals surface area contributed by atoms with Crippen LogP contribution in [-0.2, 0) is 0 Å². The molecule has 1 unspecified atom stereocenters. The molecule has 0 aliphatic heterocycles. The molecule has 0 aromatic heterocycles. The van der Waals surface area contributed by atoms with Gasteiger partial charge in [0.05, 0.1) is 4.95 Å². The molecule has 0 saturated heterocycles. The van der Waals surface area contributed by atoms with Crippen LogP contribution < -0.4 is 5.73 Å². The molecule has 0 aliphatic carbocycles. The number of halogens is 2. The van der Waals surface area contributed by atoms with Gasteiger partial charge in [0.15, 0.2) is 0 Å². The molecule has 0 amide bonds. The van der Waals surface area contributed by atoms with Gasteiger partial charge in [-0.15, -0.1) is 17.0 Å². The minimum absolute atomic E-state index is 0. The molecule has 0 heterocycles. The van der Waals surface area contributed by atoms with Crippen molar-refractivity contribution in [3.05, 3.63) is 6.92 Å². The van der Waals surface area contributed by atoms with Crippen LogP contribution in [0.5, 0.6) is 0 Å². The van der Waals surface area contributed by atoms with Crippen LogP contribution in [0.2, 0.25) is 0 Å². The molecule has 0 spiro atoms. The first kappa shape index (κ1) is 10.8. The van der Waals surface area contributed by atoms with Crippen LogP contribution in [-0.4, -0.2) is 4.95 Å². The third-order valence-electron chi connectivity index (χ3n) is 0.480. The zero-order chi connectivity index (χ0) is 4.99. The van der Waals surface area contributed by atoms with E-state index in [1.807, 2.05) is 0 Å². The molecule has 0 aromatic rings. The second-order valence-electron chi connectivity index (χ2n) is 1.16. The molecule has 1 nitrogen and oxygen atoms in total. The molecule has 7 heavy (non-hydrogen) atoms. The lowest BCUT2D eigenvalue weighted by Gasteiger charge is -1.94. The molecule has 2 N–H and O–H groups in total. The van der Waals surface area contributed by atoms with Crippen LogP contribution in [0.3, 0.4) is 0 Å². The van der Waals surface area contributed by atoms with Crippen LogP contribution >= 0.6 is 32.9 Å². The van der Waals surface area contributed by atoms with Crippen molar-refractivity contribution < 1.29 is 0 Å². The number of hydrogen-bond donors (Lipinski definition) is 1. The maximum absolute atomic E-state index is 5.28. The van der Waals surface area contributed by atoms with Crippen LogP contribution in [0.25, 0.3) is 0 Å². The van der Waals surface area contributed by atoms with E-state index in [-0.39, 0.29) is 21.9 Å². The van der Waals surface area contributed by atoms with Gasteiger partial charge in [0.25, 0.3) is 0 Å². The maximum Gasteiger partial charge on any atom is 0.0605 e. The van der Waals surface area contributed by atoms with Gasteiger partial charge in [-0.1, -0.05) is 29.3 Å². The third kappa shape index (κ3) is 10.9. The van der Waals surface area contributed by atoms with Gasteiger partial charge in [-0.3, -0.25) is 0 Å². The monoisotopic (exact) mass is 230 g/mol. The van der Waals surface area contributed by atoms with E-state index in [2.05, 4.69) is 22.9 Å². The van der Waals surface area contributed by atoms with Gasteiger partial charge in [-0.2, -0.15) is 0 Å². The molecule has 0 aliphatic rings. The average molecular weight is 232 g/mol. The fraction of sp³-hybridized carbons (Fsp3) is 0.750. The van der Waals surface area contributed by atoms with Gasteiger partial charge in [0.1, 0.15) is 0 Å². The summed E-state index contributed by atoms with van der Waals surface area (Å²) in [5, 5.41) is 0. The lowest BCUT2D eigenvalue weighted by atomic mass is 10.3. The first-order valence-corrected chi connectivity index (χ1v) is 2.88. The van der Waals surface area contributed by atoms with Crippen molar-refractivity contribution in [2.45, 2.75) is 17.8 Å². The first-order valence-electron chi connectivity index (χ1n) is 1.96. The summed E-state index contributed by atoms with van der Waals surface area (Å²) in [5.74, 6) is 0. The zero-order valence-electron chi connectivity index (χ0n) is 4.06. The Morgan fingerprint density at radius 1 is 1.71 bits per heavy atom. The van der Waals surface area contributed by atoms with Gasteiger partial charge in [0.2, 0.25) is 0 Å². The third-order valence-corrected chi connectivity index (χ3v) is 0.938. The van der Waals surface area contributed by atoms with E-state index in [1.54, 1.807) is 0 Å². The van der Waals surface area contributed by atoms with E-state index in [9.17, 15) is 0 Å². The molecular formula is C4H10Br2N. The van der Waals surface area contributed by atoms with Gasteiger partial charge in [-0.05, 0) is 6.42 Å². The van der Waals surface area contributed by atoms with Crippen LogP contribution in [0.1, 0.15) is 12.8 Å². The molecular weight excluding hydrogens is 222 g/mol. The van der Waals surface area contributed by atoms with E-state index in [4.69, 9.17) is 5.73 Å². The van der Waals surface area contributed by atoms with Crippen molar-refractivity contribution in [2.24, 2.45) is 5.73 Å². The molecule has 3 heteroatoms. The Morgan fingerprint density at radius 3 is 2.14 bits per heavy atom. The standard InChI is InChI=1S/C4H9BrN.BrH/c1-2-3-4(5)6;/h4H,1-3,6H2;1H. The maximum atomic E-state index is 5.28. The summed E-state index contributed by atoms with van der Waals surface area (Å²) in [4.78, 5) is 0.148. The molecule has 45 valence electrons. The number of hydrogen-bond acceptors (Lipinski definition) is 1. The predicted molar refractivity (Wildman–Crippen MR) is 41.8 cm³/mol. The summed E-state index contributed by atoms with van der Waals surface area (Å²) in [6.45, 7) is 3.62. The Kier molecular flexibility index (Phi) is 10.7. The lowest BCUT2D eigenvalue weighted by Crippen LogP contribution is -2.08. The van der Waals surface area contributed by atoms with Crippen molar-refractivity contribution >= 4 is 32.9 Å². The fourth-order valence-corrected chi connectivity index (χ4v) is 0.519. The highest BCUT2D eigenvalue weighted by molar-refractivity contribution is 9.09. The van der Waals surface area contributed by atoms with Gasteiger partial charge in [-0.25, -0.2) is 0 Å². The normalized spacial score (nSPS) is 12.4. The quantitative estimate of drug-likeness (QED) is 0.570. The Hall–Kier alpha value is 0.920. The molecule has 1 radical (unpaired) electrons. The minimum Gasteiger partial charge on any atom is -0.319 e. The Labute approximate surface area is 63.6 Å². The second kappa shape index (κ2) is 6.92. The first-order chi connectivity index (χ1) is 2.77. The highest BCUT2D eigenvalue weighted by Crippen LogP contribution is 1.97. The number of nitrogens with two attached hydrogens (primary N) is 1. The van der Waals surface area contributed by atoms with Crippen LogP contribution in [0.4, 0.5) is 0 Å². The Morgan fingerprint density at radius 2 is 2.14 bits per heavy atom. The van der Waals surface area contributed by atoms with Gasteiger partial charge in [0, 0.05) is 0 Å². The molecule has 0 fully saturated rings. The van der Waals surface area contributed by atoms with E-state index >= 15 is 0 Å². The SMILES string of the molecule is Br.[CH2]CCC(N)Br. The highest BCUT2D eigenvalue weighted by atomic mass is 79.9. The van der Waals surface area contributed by atoms with E-state index in [0.717, 1.165) is 12.8 Å². The second-order valence-corrected chi connectivity index (χ2v) is 2.33. The summed E-state index contributed by atoms with van der Waals surface area (Å²) in [6.07, 6.45) is 1.87. The summed E-state index contributed by atoms with van der Waals surface area (Å²) >= 11 is 3.17. The minimum atomic E-state index is 0. The lowest BCUT2D eigenvalue weighted by molar-refractivity contribution is 0.815. The summed E-state index contributed by atoms with van der Waals surface area (Å²) in [5.41, 5.74) is 5.28. The smallest absolute Gasteiger partial charge is 0.0605 e.